The van der Waals surface area contributed by atoms with Crippen molar-refractivity contribution in [3.8, 4) is 0 Å². The molecule has 1 N–H and O–H groups in total. The molecule has 1 rings (SSSR count). The van der Waals surface area contributed by atoms with Gasteiger partial charge in [0.15, 0.2) is 0 Å². The van der Waals surface area contributed by atoms with Crippen molar-refractivity contribution in [1.29, 1.82) is 0 Å². The van der Waals surface area contributed by atoms with Crippen LogP contribution in [0.5, 0.6) is 0 Å². The number of hydrogen-bond donors (Lipinski definition) is 1. The Kier molecular flexibility index (Phi) is 5.13. The van der Waals surface area contributed by atoms with Gasteiger partial charge in [-0.25, -0.2) is 8.78 Å². The molecule has 0 radical (unpaired) electrons. The van der Waals surface area contributed by atoms with E-state index in [2.05, 4.69) is 0 Å². The summed E-state index contributed by atoms with van der Waals surface area (Å²) in [5, 5.41) is 8.52. The zero-order valence-corrected chi connectivity index (χ0v) is 10.1. The summed E-state index contributed by atoms with van der Waals surface area (Å²) >= 11 is 0. The summed E-state index contributed by atoms with van der Waals surface area (Å²) in [6, 6.07) is 0. The number of halogens is 4. The fourth-order valence-corrected chi connectivity index (χ4v) is 2.12. The molecule has 1 unspecified atom stereocenters. The Morgan fingerprint density at radius 2 is 2.00 bits per heavy atom. The van der Waals surface area contributed by atoms with Crippen LogP contribution in [0.4, 0.5) is 17.6 Å². The molecular formula is C11H15F4NO3. The minimum Gasteiger partial charge on any atom is -0.481 e. The molecule has 0 spiro atoms. The van der Waals surface area contributed by atoms with E-state index in [9.17, 15) is 27.2 Å². The maximum atomic E-state index is 12.9. The summed E-state index contributed by atoms with van der Waals surface area (Å²) in [4.78, 5) is 22.4. The van der Waals surface area contributed by atoms with Crippen LogP contribution >= 0.6 is 0 Å². The van der Waals surface area contributed by atoms with E-state index in [1.807, 2.05) is 0 Å². The van der Waals surface area contributed by atoms with Crippen LogP contribution in [-0.2, 0) is 9.59 Å². The van der Waals surface area contributed by atoms with Crippen LogP contribution in [0.25, 0.3) is 0 Å². The molecule has 1 saturated heterocycles. The summed E-state index contributed by atoms with van der Waals surface area (Å²) in [5.74, 6) is -7.79. The van der Waals surface area contributed by atoms with Crippen molar-refractivity contribution in [1.82, 2.24) is 4.90 Å². The number of hydrogen-bond acceptors (Lipinski definition) is 2. The molecular weight excluding hydrogens is 270 g/mol. The lowest BCUT2D eigenvalue weighted by Crippen LogP contribution is -2.51. The molecule has 1 aliphatic heterocycles. The van der Waals surface area contributed by atoms with Gasteiger partial charge in [-0.15, -0.1) is 0 Å². The maximum Gasteiger partial charge on any atom is 0.383 e. The highest BCUT2D eigenvalue weighted by molar-refractivity contribution is 5.84. The van der Waals surface area contributed by atoms with E-state index in [0.717, 1.165) is 0 Å². The standard InChI is InChI=1S/C11H15F4NO3/c12-9(13)11(14,15)10(19)16-5-1-2-7(6-16)3-4-8(17)18/h7,9H,1-6H2,(H,17,18). The predicted molar refractivity (Wildman–Crippen MR) is 57.1 cm³/mol. The number of alkyl halides is 4. The number of piperidine rings is 1. The van der Waals surface area contributed by atoms with Crippen LogP contribution < -0.4 is 0 Å². The fourth-order valence-electron chi connectivity index (χ4n) is 2.12. The Bertz CT molecular complexity index is 349. The molecule has 4 nitrogen and oxygen atoms in total. The highest BCUT2D eigenvalue weighted by Crippen LogP contribution is 2.29. The van der Waals surface area contributed by atoms with Gasteiger partial charge in [-0.1, -0.05) is 0 Å². The fraction of sp³-hybridized carbons (Fsp3) is 0.818. The van der Waals surface area contributed by atoms with Crippen LogP contribution in [-0.4, -0.2) is 47.3 Å². The number of carbonyl (C=O) groups excluding carboxylic acids is 1. The lowest BCUT2D eigenvalue weighted by atomic mass is 9.93. The van der Waals surface area contributed by atoms with Gasteiger partial charge in [0.1, 0.15) is 0 Å². The van der Waals surface area contributed by atoms with Crippen molar-refractivity contribution in [2.75, 3.05) is 13.1 Å². The van der Waals surface area contributed by atoms with Gasteiger partial charge in [0.2, 0.25) is 0 Å². The topological polar surface area (TPSA) is 57.6 Å². The van der Waals surface area contributed by atoms with Gasteiger partial charge >= 0.3 is 18.3 Å². The van der Waals surface area contributed by atoms with E-state index in [4.69, 9.17) is 5.11 Å². The average Bonchev–Trinajstić information content (AvgIpc) is 2.35. The molecule has 8 heteroatoms. The van der Waals surface area contributed by atoms with E-state index in [1.54, 1.807) is 0 Å². The quantitative estimate of drug-likeness (QED) is 0.786. The Balaban J connectivity index is 2.59. The van der Waals surface area contributed by atoms with E-state index in [1.165, 1.54) is 0 Å². The first kappa shape index (κ1) is 15.7. The molecule has 1 aliphatic rings. The number of nitrogens with zero attached hydrogens (tertiary/aromatic N) is 1. The second kappa shape index (κ2) is 6.21. The minimum absolute atomic E-state index is 0.00468. The molecule has 1 fully saturated rings. The van der Waals surface area contributed by atoms with Gasteiger partial charge in [-0.05, 0) is 25.2 Å². The van der Waals surface area contributed by atoms with Crippen LogP contribution in [0, 0.1) is 5.92 Å². The maximum absolute atomic E-state index is 12.9. The normalized spacial score (nSPS) is 20.7. The van der Waals surface area contributed by atoms with E-state index in [0.29, 0.717) is 17.7 Å². The highest BCUT2D eigenvalue weighted by Gasteiger charge is 2.51. The van der Waals surface area contributed by atoms with Crippen molar-refractivity contribution in [3.63, 3.8) is 0 Å². The molecule has 0 aromatic rings. The third-order valence-corrected chi connectivity index (χ3v) is 3.13. The van der Waals surface area contributed by atoms with Gasteiger partial charge < -0.3 is 10.0 Å². The third kappa shape index (κ3) is 4.07. The molecule has 0 bridgehead atoms. The Morgan fingerprint density at radius 3 is 2.53 bits per heavy atom. The molecule has 1 atom stereocenters. The predicted octanol–water partition coefficient (Wildman–Crippen LogP) is 1.99. The first-order chi connectivity index (χ1) is 8.75. The average molecular weight is 285 g/mol. The van der Waals surface area contributed by atoms with Crippen LogP contribution in [0.3, 0.4) is 0 Å². The monoisotopic (exact) mass is 285 g/mol. The smallest absolute Gasteiger partial charge is 0.383 e. The largest absolute Gasteiger partial charge is 0.481 e. The van der Waals surface area contributed by atoms with Crippen LogP contribution in [0.15, 0.2) is 0 Å². The zero-order chi connectivity index (χ0) is 14.6. The molecule has 0 saturated carbocycles. The first-order valence-corrected chi connectivity index (χ1v) is 5.92. The lowest BCUT2D eigenvalue weighted by molar-refractivity contribution is -0.182. The molecule has 0 aromatic carbocycles. The van der Waals surface area contributed by atoms with Crippen LogP contribution in [0.1, 0.15) is 25.7 Å². The van der Waals surface area contributed by atoms with Gasteiger partial charge in [-0.3, -0.25) is 9.59 Å². The number of rotatable bonds is 5. The van der Waals surface area contributed by atoms with Crippen LogP contribution in [0.2, 0.25) is 0 Å². The summed E-state index contributed by atoms with van der Waals surface area (Å²) in [5.41, 5.74) is 0. The number of aliphatic carboxylic acids is 1. The van der Waals surface area contributed by atoms with Crippen molar-refractivity contribution in [2.24, 2.45) is 5.92 Å². The van der Waals surface area contributed by atoms with Crippen molar-refractivity contribution in [2.45, 2.75) is 38.0 Å². The summed E-state index contributed by atoms with van der Waals surface area (Å²) in [7, 11) is 0. The molecule has 0 aliphatic carbocycles. The molecule has 1 amide bonds. The second-order valence-electron chi connectivity index (χ2n) is 4.62. The lowest BCUT2D eigenvalue weighted by Gasteiger charge is -2.34. The highest BCUT2D eigenvalue weighted by atomic mass is 19.3. The number of likely N-dealkylation sites (tertiary alicyclic amines) is 1. The summed E-state index contributed by atoms with van der Waals surface area (Å²) in [6.07, 6.45) is -2.89. The Morgan fingerprint density at radius 1 is 1.37 bits per heavy atom. The van der Waals surface area contributed by atoms with Gasteiger partial charge in [0.25, 0.3) is 5.91 Å². The third-order valence-electron chi connectivity index (χ3n) is 3.13. The van der Waals surface area contributed by atoms with E-state index >= 15 is 0 Å². The Hall–Kier alpha value is -1.34. The van der Waals surface area contributed by atoms with Crippen molar-refractivity contribution >= 4 is 11.9 Å². The summed E-state index contributed by atoms with van der Waals surface area (Å²) < 4.78 is 50.0. The minimum atomic E-state index is -4.67. The van der Waals surface area contributed by atoms with E-state index < -0.39 is 24.2 Å². The second-order valence-corrected chi connectivity index (χ2v) is 4.62. The Labute approximate surface area is 107 Å². The van der Waals surface area contributed by atoms with Crippen molar-refractivity contribution < 1.29 is 32.3 Å². The number of carboxylic acid groups (broad SMARTS) is 1. The number of carboxylic acids is 1. The van der Waals surface area contributed by atoms with Gasteiger partial charge in [-0.2, -0.15) is 8.78 Å². The molecule has 110 valence electrons. The number of carbonyl (C=O) groups is 2. The molecule has 19 heavy (non-hydrogen) atoms. The van der Waals surface area contributed by atoms with E-state index in [-0.39, 0.29) is 31.8 Å². The van der Waals surface area contributed by atoms with Gasteiger partial charge in [0.05, 0.1) is 0 Å². The SMILES string of the molecule is O=C(O)CCC1CCCN(C(=O)C(F)(F)C(F)F)C1. The molecule has 1 heterocycles. The molecule has 0 aromatic heterocycles. The van der Waals surface area contributed by atoms with Crippen molar-refractivity contribution in [3.05, 3.63) is 0 Å². The first-order valence-electron chi connectivity index (χ1n) is 5.92. The summed E-state index contributed by atoms with van der Waals surface area (Å²) in [6.45, 7) is -0.0842. The van der Waals surface area contributed by atoms with Gasteiger partial charge in [0, 0.05) is 19.5 Å². The zero-order valence-electron chi connectivity index (χ0n) is 10.1. The number of amides is 1.